The van der Waals surface area contributed by atoms with Crippen molar-refractivity contribution in [3.8, 4) is 11.5 Å². The van der Waals surface area contributed by atoms with E-state index in [2.05, 4.69) is 32.4 Å². The highest BCUT2D eigenvalue weighted by Crippen LogP contribution is 2.25. The van der Waals surface area contributed by atoms with E-state index in [1.165, 1.54) is 24.8 Å². The Hall–Kier alpha value is -2.66. The number of benzene rings is 2. The summed E-state index contributed by atoms with van der Waals surface area (Å²) in [7, 11) is -3.31. The number of amides is 1. The lowest BCUT2D eigenvalue weighted by atomic mass is 9.95. The molecule has 1 heterocycles. The van der Waals surface area contributed by atoms with Crippen LogP contribution in [0.15, 0.2) is 48.5 Å². The number of ether oxygens (including phenoxy) is 1. The van der Waals surface area contributed by atoms with Gasteiger partial charge in [0.1, 0.15) is 11.5 Å². The Morgan fingerprint density at radius 2 is 1.55 bits per heavy atom. The van der Waals surface area contributed by atoms with Gasteiger partial charge in [0.05, 0.1) is 18.4 Å². The Morgan fingerprint density at radius 3 is 2.12 bits per heavy atom. The Kier molecular flexibility index (Phi) is 10.8. The van der Waals surface area contributed by atoms with E-state index in [0.717, 1.165) is 51.6 Å². The number of hydrogen-bond donors (Lipinski definition) is 4. The average molecular weight is 573 g/mol. The second-order valence-corrected chi connectivity index (χ2v) is 13.1. The van der Waals surface area contributed by atoms with Crippen LogP contribution < -0.4 is 20.1 Å². The zero-order valence-electron chi connectivity index (χ0n) is 23.6. The highest BCUT2D eigenvalue weighted by Gasteiger charge is 2.28. The molecule has 2 fully saturated rings. The van der Waals surface area contributed by atoms with Crippen LogP contribution in [0, 0.1) is 0 Å². The van der Waals surface area contributed by atoms with Crippen molar-refractivity contribution < 1.29 is 23.1 Å². The molecule has 0 spiro atoms. The molecule has 10 heteroatoms. The van der Waals surface area contributed by atoms with Gasteiger partial charge in [0.2, 0.25) is 15.9 Å². The van der Waals surface area contributed by atoms with Gasteiger partial charge >= 0.3 is 0 Å². The number of aliphatic hydroxyl groups excluding tert-OH is 1. The lowest BCUT2D eigenvalue weighted by Crippen LogP contribution is -2.54. The van der Waals surface area contributed by atoms with Crippen LogP contribution in [-0.2, 0) is 21.4 Å². The molecule has 0 radical (unpaired) electrons. The average Bonchev–Trinajstić information content (AvgIpc) is 2.91. The molecule has 4 N–H and O–H groups in total. The molecule has 40 heavy (non-hydrogen) atoms. The summed E-state index contributed by atoms with van der Waals surface area (Å²) in [6.45, 7) is 4.47. The number of carbonyl (C=O) groups excluding carboxylic acids is 1. The van der Waals surface area contributed by atoms with E-state index in [1.807, 2.05) is 12.1 Å². The zero-order valence-corrected chi connectivity index (χ0v) is 24.5. The molecule has 1 amide bonds. The Morgan fingerprint density at radius 1 is 0.950 bits per heavy atom. The second-order valence-electron chi connectivity index (χ2n) is 11.3. The number of likely N-dealkylation sites (tertiary alicyclic amines) is 1. The van der Waals surface area contributed by atoms with Crippen LogP contribution in [0.1, 0.15) is 63.9 Å². The van der Waals surface area contributed by atoms with Crippen molar-refractivity contribution >= 4 is 21.6 Å². The molecule has 1 saturated heterocycles. The second kappa shape index (κ2) is 14.3. The molecule has 0 bridgehead atoms. The number of carbonyl (C=O) groups is 1. The molecule has 2 aromatic rings. The maximum atomic E-state index is 13.0. The number of sulfonamides is 1. The number of anilines is 1. The van der Waals surface area contributed by atoms with Crippen molar-refractivity contribution in [2.75, 3.05) is 24.1 Å². The molecule has 220 valence electrons. The highest BCUT2D eigenvalue weighted by molar-refractivity contribution is 7.92. The van der Waals surface area contributed by atoms with Gasteiger partial charge < -0.3 is 20.5 Å². The Balaban J connectivity index is 1.22. The summed E-state index contributed by atoms with van der Waals surface area (Å²) < 4.78 is 31.1. The number of nitrogens with zero attached hydrogens (tertiary/aromatic N) is 1. The van der Waals surface area contributed by atoms with E-state index in [4.69, 9.17) is 4.74 Å². The molecule has 2 atom stereocenters. The topological polar surface area (TPSA) is 120 Å². The molecule has 1 aliphatic carbocycles. The van der Waals surface area contributed by atoms with E-state index in [-0.39, 0.29) is 24.0 Å². The predicted octanol–water partition coefficient (Wildman–Crippen LogP) is 3.99. The van der Waals surface area contributed by atoms with Crippen LogP contribution in [0.3, 0.4) is 0 Å². The zero-order chi connectivity index (χ0) is 28.5. The number of nitrogens with one attached hydrogen (secondary N) is 3. The molecular formula is C30H44N4O5S. The lowest BCUT2D eigenvalue weighted by molar-refractivity contribution is -0.125. The standard InChI is InChI=1S/C30H44N4O5S/c1-22(35)20-29(30(36)32-24-6-4-3-5-7-24)31-25-16-18-34(19-17-25)21-23-8-12-27(13-9-23)39-28-14-10-26(11-15-28)33-40(2,37)38/h8-15,22,24-25,29,31,33,35H,3-7,16-21H2,1-2H3,(H,32,36). The first-order valence-electron chi connectivity index (χ1n) is 14.4. The van der Waals surface area contributed by atoms with Crippen LogP contribution in [0.25, 0.3) is 0 Å². The third kappa shape index (κ3) is 10.1. The molecule has 2 aromatic carbocycles. The van der Waals surface area contributed by atoms with E-state index in [1.54, 1.807) is 31.2 Å². The van der Waals surface area contributed by atoms with Gasteiger partial charge in [-0.3, -0.25) is 14.4 Å². The summed E-state index contributed by atoms with van der Waals surface area (Å²) in [6, 6.07) is 15.0. The van der Waals surface area contributed by atoms with Gasteiger partial charge in [0.15, 0.2) is 0 Å². The normalized spacial score (nSPS) is 19.1. The summed E-state index contributed by atoms with van der Waals surface area (Å²) in [4.78, 5) is 15.4. The van der Waals surface area contributed by atoms with Gasteiger partial charge in [0.25, 0.3) is 0 Å². The first kappa shape index (κ1) is 30.3. The van der Waals surface area contributed by atoms with Crippen molar-refractivity contribution in [3.63, 3.8) is 0 Å². The van der Waals surface area contributed by atoms with Crippen LogP contribution >= 0.6 is 0 Å². The summed E-state index contributed by atoms with van der Waals surface area (Å²) in [5.41, 5.74) is 1.69. The third-order valence-electron chi connectivity index (χ3n) is 7.59. The highest BCUT2D eigenvalue weighted by atomic mass is 32.2. The van der Waals surface area contributed by atoms with Gasteiger partial charge in [-0.1, -0.05) is 31.4 Å². The van der Waals surface area contributed by atoms with Crippen molar-refractivity contribution in [3.05, 3.63) is 54.1 Å². The van der Waals surface area contributed by atoms with E-state index < -0.39 is 16.1 Å². The van der Waals surface area contributed by atoms with Crippen LogP contribution in [0.4, 0.5) is 5.69 Å². The van der Waals surface area contributed by atoms with E-state index in [0.29, 0.717) is 23.6 Å². The molecule has 4 rings (SSSR count). The SMILES string of the molecule is CC(O)CC(NC1CCN(Cc2ccc(Oc3ccc(NS(C)(=O)=O)cc3)cc2)CC1)C(=O)NC1CCCCC1. The summed E-state index contributed by atoms with van der Waals surface area (Å²) in [5.74, 6) is 1.37. The molecule has 2 unspecified atom stereocenters. The Labute approximate surface area is 238 Å². The molecule has 9 nitrogen and oxygen atoms in total. The van der Waals surface area contributed by atoms with Crippen LogP contribution in [0.5, 0.6) is 11.5 Å². The van der Waals surface area contributed by atoms with Gasteiger partial charge in [-0.2, -0.15) is 0 Å². The molecule has 1 aliphatic heterocycles. The van der Waals surface area contributed by atoms with E-state index >= 15 is 0 Å². The summed E-state index contributed by atoms with van der Waals surface area (Å²) in [5, 5.41) is 16.8. The van der Waals surface area contributed by atoms with Crippen molar-refractivity contribution in [1.29, 1.82) is 0 Å². The monoisotopic (exact) mass is 572 g/mol. The maximum absolute atomic E-state index is 13.0. The van der Waals surface area contributed by atoms with Crippen LogP contribution in [-0.4, -0.2) is 67.9 Å². The number of rotatable bonds is 12. The smallest absolute Gasteiger partial charge is 0.237 e. The Bertz CT molecular complexity index is 1170. The first-order valence-corrected chi connectivity index (χ1v) is 16.3. The van der Waals surface area contributed by atoms with Gasteiger partial charge in [-0.25, -0.2) is 8.42 Å². The van der Waals surface area contributed by atoms with Gasteiger partial charge in [-0.15, -0.1) is 0 Å². The molecular weight excluding hydrogens is 528 g/mol. The minimum Gasteiger partial charge on any atom is -0.457 e. The van der Waals surface area contributed by atoms with E-state index in [9.17, 15) is 18.3 Å². The van der Waals surface area contributed by atoms with Gasteiger partial charge in [-0.05, 0) is 94.1 Å². The fourth-order valence-electron chi connectivity index (χ4n) is 5.55. The first-order chi connectivity index (χ1) is 19.1. The van der Waals surface area contributed by atoms with Crippen molar-refractivity contribution in [1.82, 2.24) is 15.5 Å². The van der Waals surface area contributed by atoms with Crippen molar-refractivity contribution in [2.45, 2.75) is 89.1 Å². The quantitative estimate of drug-likeness (QED) is 0.304. The molecule has 0 aromatic heterocycles. The number of piperidine rings is 1. The van der Waals surface area contributed by atoms with Gasteiger partial charge in [0, 0.05) is 24.3 Å². The maximum Gasteiger partial charge on any atom is 0.237 e. The minimum absolute atomic E-state index is 0.0269. The largest absolute Gasteiger partial charge is 0.457 e. The summed E-state index contributed by atoms with van der Waals surface area (Å²) in [6.07, 6.45) is 8.63. The third-order valence-corrected chi connectivity index (χ3v) is 8.20. The van der Waals surface area contributed by atoms with Crippen LogP contribution in [0.2, 0.25) is 0 Å². The molecule has 1 saturated carbocycles. The summed E-state index contributed by atoms with van der Waals surface area (Å²) >= 11 is 0. The van der Waals surface area contributed by atoms with Crippen molar-refractivity contribution in [2.24, 2.45) is 0 Å². The predicted molar refractivity (Wildman–Crippen MR) is 158 cm³/mol. The minimum atomic E-state index is -3.31. The fraction of sp³-hybridized carbons (Fsp3) is 0.567. The molecule has 2 aliphatic rings. The number of hydrogen-bond acceptors (Lipinski definition) is 7. The fourth-order valence-corrected chi connectivity index (χ4v) is 6.11. The lowest BCUT2D eigenvalue weighted by Gasteiger charge is -2.35. The number of aliphatic hydroxyl groups is 1.